The molecule has 0 bridgehead atoms. The molecular formula is C39H25N3. The van der Waals surface area contributed by atoms with Crippen LogP contribution in [-0.4, -0.2) is 15.0 Å². The monoisotopic (exact) mass is 535 g/mol. The average Bonchev–Trinajstić information content (AvgIpc) is 3.08. The van der Waals surface area contributed by atoms with Gasteiger partial charge < -0.3 is 0 Å². The largest absolute Gasteiger partial charge is 0.246 e. The Morgan fingerprint density at radius 2 is 0.881 bits per heavy atom. The highest BCUT2D eigenvalue weighted by Gasteiger charge is 2.14. The Kier molecular flexibility index (Phi) is 5.79. The maximum atomic E-state index is 5.10. The zero-order chi connectivity index (χ0) is 27.9. The molecule has 2 heterocycles. The molecule has 3 heteroatoms. The number of nitrogens with zero attached hydrogens (tertiary/aromatic N) is 3. The lowest BCUT2D eigenvalue weighted by Crippen LogP contribution is -1.97. The predicted molar refractivity (Wildman–Crippen MR) is 174 cm³/mol. The van der Waals surface area contributed by atoms with Crippen molar-refractivity contribution in [3.8, 4) is 45.3 Å². The van der Waals surface area contributed by atoms with Crippen molar-refractivity contribution in [1.82, 2.24) is 15.0 Å². The van der Waals surface area contributed by atoms with Gasteiger partial charge in [-0.05, 0) is 56.6 Å². The minimum atomic E-state index is 0.679. The van der Waals surface area contributed by atoms with E-state index in [4.69, 9.17) is 15.0 Å². The van der Waals surface area contributed by atoms with Crippen LogP contribution >= 0.6 is 0 Å². The van der Waals surface area contributed by atoms with Crippen LogP contribution in [0, 0.1) is 0 Å². The van der Waals surface area contributed by atoms with Gasteiger partial charge >= 0.3 is 0 Å². The molecule has 0 atom stereocenters. The third-order valence-electron chi connectivity index (χ3n) is 7.88. The first-order chi connectivity index (χ1) is 20.8. The highest BCUT2D eigenvalue weighted by atomic mass is 14.9. The molecule has 0 aliphatic carbocycles. The molecule has 42 heavy (non-hydrogen) atoms. The predicted octanol–water partition coefficient (Wildman–Crippen LogP) is 10.00. The molecule has 196 valence electrons. The van der Waals surface area contributed by atoms with Crippen molar-refractivity contribution in [1.29, 1.82) is 0 Å². The van der Waals surface area contributed by atoms with E-state index in [1.54, 1.807) is 0 Å². The van der Waals surface area contributed by atoms with E-state index in [9.17, 15) is 0 Å². The van der Waals surface area contributed by atoms with Crippen LogP contribution in [0.15, 0.2) is 152 Å². The molecule has 0 aliphatic rings. The van der Waals surface area contributed by atoms with E-state index in [2.05, 4.69) is 91.0 Å². The first kappa shape index (κ1) is 24.2. The van der Waals surface area contributed by atoms with E-state index >= 15 is 0 Å². The number of hydrogen-bond donors (Lipinski definition) is 0. The molecule has 0 unspecified atom stereocenters. The van der Waals surface area contributed by atoms with Crippen LogP contribution < -0.4 is 0 Å². The van der Waals surface area contributed by atoms with Gasteiger partial charge in [0.2, 0.25) is 0 Å². The Morgan fingerprint density at radius 1 is 0.286 bits per heavy atom. The highest BCUT2D eigenvalue weighted by Crippen LogP contribution is 2.34. The van der Waals surface area contributed by atoms with Gasteiger partial charge in [0.05, 0.1) is 22.8 Å². The van der Waals surface area contributed by atoms with Crippen molar-refractivity contribution in [3.05, 3.63) is 152 Å². The summed E-state index contributed by atoms with van der Waals surface area (Å²) in [7, 11) is 0. The van der Waals surface area contributed by atoms with E-state index in [0.29, 0.717) is 5.82 Å². The van der Waals surface area contributed by atoms with Crippen molar-refractivity contribution >= 4 is 32.3 Å². The van der Waals surface area contributed by atoms with E-state index in [1.165, 1.54) is 32.3 Å². The van der Waals surface area contributed by atoms with E-state index in [-0.39, 0.29) is 0 Å². The Balaban J connectivity index is 1.33. The van der Waals surface area contributed by atoms with Crippen LogP contribution in [0.25, 0.3) is 77.6 Å². The molecule has 0 spiro atoms. The molecule has 8 aromatic rings. The van der Waals surface area contributed by atoms with Crippen molar-refractivity contribution in [3.63, 3.8) is 0 Å². The molecule has 0 fully saturated rings. The van der Waals surface area contributed by atoms with Gasteiger partial charge in [0.25, 0.3) is 0 Å². The fraction of sp³-hybridized carbons (Fsp3) is 0. The van der Waals surface area contributed by atoms with Crippen molar-refractivity contribution in [2.75, 3.05) is 0 Å². The zero-order valence-electron chi connectivity index (χ0n) is 22.8. The molecule has 0 saturated heterocycles. The second-order valence-electron chi connectivity index (χ2n) is 10.5. The second kappa shape index (κ2) is 10.1. The third kappa shape index (κ3) is 4.29. The number of hydrogen-bond acceptors (Lipinski definition) is 3. The smallest absolute Gasteiger partial charge is 0.160 e. The number of rotatable bonds is 4. The van der Waals surface area contributed by atoms with Gasteiger partial charge in [-0.3, -0.25) is 0 Å². The fourth-order valence-corrected chi connectivity index (χ4v) is 5.77. The quantitative estimate of drug-likeness (QED) is 0.211. The molecule has 0 saturated carbocycles. The summed E-state index contributed by atoms with van der Waals surface area (Å²) in [6, 6.07) is 52.6. The van der Waals surface area contributed by atoms with Crippen molar-refractivity contribution < 1.29 is 0 Å². The summed E-state index contributed by atoms with van der Waals surface area (Å²) < 4.78 is 0. The van der Waals surface area contributed by atoms with Crippen molar-refractivity contribution in [2.45, 2.75) is 0 Å². The van der Waals surface area contributed by atoms with Gasteiger partial charge in [-0.1, -0.05) is 127 Å². The molecular weight excluding hydrogens is 510 g/mol. The van der Waals surface area contributed by atoms with E-state index in [0.717, 1.165) is 39.5 Å². The topological polar surface area (TPSA) is 38.7 Å². The standard InChI is InChI=1S/C39H25N3/c1-3-11-28(12-4-1)35-16-9-17-36(40-35)38-25-37(29-13-5-2-6-14-29)41-39(42-38)30-19-18-27-21-22-32-31-15-8-7-10-26(31)20-23-33(32)34(27)24-30/h1-25H. The lowest BCUT2D eigenvalue weighted by atomic mass is 9.96. The maximum Gasteiger partial charge on any atom is 0.160 e. The Morgan fingerprint density at radius 3 is 1.67 bits per heavy atom. The van der Waals surface area contributed by atoms with Crippen molar-refractivity contribution in [2.24, 2.45) is 0 Å². The van der Waals surface area contributed by atoms with Gasteiger partial charge in [0, 0.05) is 16.7 Å². The molecule has 6 aromatic carbocycles. The molecule has 0 radical (unpaired) electrons. The number of fused-ring (bicyclic) bond motifs is 5. The first-order valence-corrected chi connectivity index (χ1v) is 14.1. The summed E-state index contributed by atoms with van der Waals surface area (Å²) in [5.74, 6) is 0.679. The SMILES string of the molecule is c1ccc(-c2cccc(-c3cc(-c4ccccc4)nc(-c4ccc5ccc6c7ccccc7ccc6c5c4)n3)n2)cc1. The minimum Gasteiger partial charge on any atom is -0.246 e. The molecule has 0 N–H and O–H groups in total. The maximum absolute atomic E-state index is 5.10. The van der Waals surface area contributed by atoms with Crippen LogP contribution in [0.5, 0.6) is 0 Å². The molecule has 0 aliphatic heterocycles. The number of pyridine rings is 1. The normalized spacial score (nSPS) is 11.3. The zero-order valence-corrected chi connectivity index (χ0v) is 22.8. The Labute approximate surface area is 243 Å². The molecule has 0 amide bonds. The van der Waals surface area contributed by atoms with E-state index in [1.807, 2.05) is 60.7 Å². The van der Waals surface area contributed by atoms with Crippen LogP contribution in [0.3, 0.4) is 0 Å². The highest BCUT2D eigenvalue weighted by molar-refractivity contribution is 6.17. The van der Waals surface area contributed by atoms with Gasteiger partial charge in [0.1, 0.15) is 0 Å². The Hall–Kier alpha value is -5.67. The average molecular weight is 536 g/mol. The summed E-state index contributed by atoms with van der Waals surface area (Å²) >= 11 is 0. The molecule has 2 aromatic heterocycles. The van der Waals surface area contributed by atoms with Crippen LogP contribution in [0.1, 0.15) is 0 Å². The van der Waals surface area contributed by atoms with Gasteiger partial charge in [-0.25, -0.2) is 15.0 Å². The number of aromatic nitrogens is 3. The lowest BCUT2D eigenvalue weighted by Gasteiger charge is -2.12. The van der Waals surface area contributed by atoms with Crippen LogP contribution in [0.2, 0.25) is 0 Å². The summed E-state index contributed by atoms with van der Waals surface area (Å²) in [4.78, 5) is 15.2. The first-order valence-electron chi connectivity index (χ1n) is 14.1. The third-order valence-corrected chi connectivity index (χ3v) is 7.88. The fourth-order valence-electron chi connectivity index (χ4n) is 5.77. The summed E-state index contributed by atoms with van der Waals surface area (Å²) in [5, 5.41) is 7.36. The lowest BCUT2D eigenvalue weighted by molar-refractivity contribution is 1.16. The van der Waals surface area contributed by atoms with Gasteiger partial charge in [-0.15, -0.1) is 0 Å². The van der Waals surface area contributed by atoms with E-state index < -0.39 is 0 Å². The summed E-state index contributed by atoms with van der Waals surface area (Å²) in [6.45, 7) is 0. The summed E-state index contributed by atoms with van der Waals surface area (Å²) in [6.07, 6.45) is 0. The molecule has 8 rings (SSSR count). The molecule has 3 nitrogen and oxygen atoms in total. The minimum absolute atomic E-state index is 0.679. The van der Waals surface area contributed by atoms with Gasteiger partial charge in [-0.2, -0.15) is 0 Å². The van der Waals surface area contributed by atoms with Crippen LogP contribution in [0.4, 0.5) is 0 Å². The second-order valence-corrected chi connectivity index (χ2v) is 10.5. The number of benzene rings is 6. The van der Waals surface area contributed by atoms with Crippen LogP contribution in [-0.2, 0) is 0 Å². The Bertz CT molecular complexity index is 2240. The summed E-state index contributed by atoms with van der Waals surface area (Å²) in [5.41, 5.74) is 6.48. The van der Waals surface area contributed by atoms with Gasteiger partial charge in [0.15, 0.2) is 5.82 Å².